The average molecular weight is 712 g/mol. The third-order valence-corrected chi connectivity index (χ3v) is 9.45. The third-order valence-electron chi connectivity index (χ3n) is 9.45. The summed E-state index contributed by atoms with van der Waals surface area (Å²) in [5, 5.41) is 29.6. The second-order valence-corrected chi connectivity index (χ2v) is 14.1. The first-order chi connectivity index (χ1) is 23.7. The number of likely N-dealkylation sites (N-methyl/N-ethyl adjacent to an activating group) is 1. The molecule has 0 aromatic heterocycles. The van der Waals surface area contributed by atoms with E-state index < -0.39 is 97.4 Å². The third kappa shape index (κ3) is 15.3. The number of rotatable bonds is 16. The van der Waals surface area contributed by atoms with Crippen molar-refractivity contribution in [1.82, 2.24) is 26.2 Å². The molecule has 1 fully saturated rings. The number of aliphatic hydroxyl groups is 2. The number of cyclic esters (lactones) is 1. The van der Waals surface area contributed by atoms with Crippen LogP contribution in [0.15, 0.2) is 0 Å². The number of hydrogen-bond acceptors (Lipinski definition) is 9. The molecule has 7 atom stereocenters. The summed E-state index contributed by atoms with van der Waals surface area (Å²) in [5.74, 6) is -5.37. The van der Waals surface area contributed by atoms with Crippen LogP contribution in [0.5, 0.6) is 0 Å². The lowest BCUT2D eigenvalue weighted by atomic mass is 9.94. The highest BCUT2D eigenvalue weighted by Gasteiger charge is 2.38. The Hall–Kier alpha value is -3.26. The quantitative estimate of drug-likeness (QED) is 0.102. The molecule has 14 nitrogen and oxygen atoms in total. The molecule has 0 aromatic rings. The van der Waals surface area contributed by atoms with Gasteiger partial charge in [-0.3, -0.25) is 28.8 Å². The fourth-order valence-electron chi connectivity index (χ4n) is 5.98. The van der Waals surface area contributed by atoms with Crippen molar-refractivity contribution in [3.05, 3.63) is 0 Å². The average Bonchev–Trinajstić information content (AvgIpc) is 3.08. The fraction of sp³-hybridized carbons (Fsp3) is 0.833. The van der Waals surface area contributed by atoms with E-state index in [1.807, 2.05) is 20.8 Å². The Bertz CT molecular complexity index is 1090. The zero-order chi connectivity index (χ0) is 37.8. The van der Waals surface area contributed by atoms with Gasteiger partial charge in [-0.2, -0.15) is 0 Å². The van der Waals surface area contributed by atoms with Gasteiger partial charge >= 0.3 is 5.97 Å². The Kier molecular flexibility index (Phi) is 21.5. The summed E-state index contributed by atoms with van der Waals surface area (Å²) in [5.41, 5.74) is 0. The Balaban J connectivity index is 3.49. The van der Waals surface area contributed by atoms with E-state index in [0.717, 1.165) is 25.7 Å². The highest BCUT2D eigenvalue weighted by atomic mass is 16.5. The molecule has 288 valence electrons. The maximum Gasteiger partial charge on any atom is 0.325 e. The number of esters is 1. The van der Waals surface area contributed by atoms with E-state index in [4.69, 9.17) is 4.74 Å². The van der Waals surface area contributed by atoms with Gasteiger partial charge in [0.15, 0.2) is 0 Å². The maximum absolute atomic E-state index is 14.0. The molecule has 6 N–H and O–H groups in total. The van der Waals surface area contributed by atoms with Crippen molar-refractivity contribution in [2.45, 2.75) is 149 Å². The molecule has 1 heterocycles. The standard InChI is InChI=1S/C36H65N5O9/c1-8-10-11-12-13-14-15-16-17-29-25(6)36(49)41(7)28(20-23(3)4)34(47)40-31(24(5)9-2)35(48)39-27(22-43)33(46)38-26(18-19-42)32(45)37-21-30(44)50-29/h23-29,31,42-43H,8-22H2,1-7H3,(H,37,45)(H,38,46)(H,39,48)(H,40,47)/t24?,25-,26+,27+,28+,29-,31+/m1/s1. The predicted octanol–water partition coefficient (Wildman–Crippen LogP) is 1.94. The Labute approximate surface area is 298 Å². The minimum Gasteiger partial charge on any atom is -0.460 e. The second kappa shape index (κ2) is 24.0. The molecule has 1 aliphatic rings. The molecule has 0 aromatic carbocycles. The van der Waals surface area contributed by atoms with Gasteiger partial charge < -0.3 is 41.1 Å². The summed E-state index contributed by atoms with van der Waals surface area (Å²) < 4.78 is 5.80. The monoisotopic (exact) mass is 711 g/mol. The SMILES string of the molecule is CCCCCCCCCC[C@H]1OC(=O)CNC(=O)[C@H](CCO)NC(=O)[C@H](CO)NC(=O)[C@H](C(C)CC)NC(=O)[C@H](CC(C)C)N(C)C(=O)[C@@H]1C. The van der Waals surface area contributed by atoms with Crippen molar-refractivity contribution >= 4 is 35.5 Å². The number of aliphatic hydroxyl groups excluding tert-OH is 2. The number of nitrogens with one attached hydrogen (secondary N) is 4. The smallest absolute Gasteiger partial charge is 0.325 e. The van der Waals surface area contributed by atoms with Crippen LogP contribution >= 0.6 is 0 Å². The van der Waals surface area contributed by atoms with Crippen LogP contribution in [0.4, 0.5) is 0 Å². The summed E-state index contributed by atoms with van der Waals surface area (Å²) in [4.78, 5) is 82.0. The number of hydrogen-bond donors (Lipinski definition) is 6. The van der Waals surface area contributed by atoms with Crippen LogP contribution < -0.4 is 21.3 Å². The molecule has 14 heteroatoms. The van der Waals surface area contributed by atoms with Crippen molar-refractivity contribution in [3.8, 4) is 0 Å². The molecular weight excluding hydrogens is 646 g/mol. The number of nitrogens with zero attached hydrogens (tertiary/aromatic N) is 1. The molecular formula is C36H65N5O9. The summed E-state index contributed by atoms with van der Waals surface area (Å²) in [6.07, 6.45) is 8.57. The van der Waals surface area contributed by atoms with E-state index >= 15 is 0 Å². The Morgan fingerprint density at radius 1 is 0.780 bits per heavy atom. The highest BCUT2D eigenvalue weighted by Crippen LogP contribution is 2.22. The molecule has 0 spiro atoms. The predicted molar refractivity (Wildman–Crippen MR) is 189 cm³/mol. The zero-order valence-corrected chi connectivity index (χ0v) is 31.4. The van der Waals surface area contributed by atoms with E-state index in [1.165, 1.54) is 31.2 Å². The normalized spacial score (nSPS) is 25.8. The largest absolute Gasteiger partial charge is 0.460 e. The molecule has 0 radical (unpaired) electrons. The van der Waals surface area contributed by atoms with Crippen LogP contribution in [0.2, 0.25) is 0 Å². The lowest BCUT2D eigenvalue weighted by Crippen LogP contribution is -2.60. The van der Waals surface area contributed by atoms with E-state index in [1.54, 1.807) is 13.8 Å². The topological polar surface area (TPSA) is 203 Å². The van der Waals surface area contributed by atoms with Gasteiger partial charge in [-0.05, 0) is 37.5 Å². The number of carbonyl (C=O) groups is 6. The van der Waals surface area contributed by atoms with Crippen LogP contribution in [0.1, 0.15) is 119 Å². The van der Waals surface area contributed by atoms with Crippen molar-refractivity contribution in [2.75, 3.05) is 26.8 Å². The summed E-state index contributed by atoms with van der Waals surface area (Å²) in [6.45, 7) is 9.40. The lowest BCUT2D eigenvalue weighted by molar-refractivity contribution is -0.157. The van der Waals surface area contributed by atoms with E-state index in [2.05, 4.69) is 28.2 Å². The number of amides is 5. The minimum atomic E-state index is -1.49. The van der Waals surface area contributed by atoms with Crippen LogP contribution in [0, 0.1) is 17.8 Å². The molecule has 0 saturated carbocycles. The van der Waals surface area contributed by atoms with E-state index in [9.17, 15) is 39.0 Å². The van der Waals surface area contributed by atoms with Crippen molar-refractivity contribution in [1.29, 1.82) is 0 Å². The highest BCUT2D eigenvalue weighted by molar-refractivity contribution is 5.96. The lowest BCUT2D eigenvalue weighted by Gasteiger charge is -2.34. The second-order valence-electron chi connectivity index (χ2n) is 14.1. The van der Waals surface area contributed by atoms with Gasteiger partial charge in [0.25, 0.3) is 0 Å². The van der Waals surface area contributed by atoms with E-state index in [-0.39, 0.29) is 18.8 Å². The van der Waals surface area contributed by atoms with Crippen LogP contribution in [0.3, 0.4) is 0 Å². The minimum absolute atomic E-state index is 0.00214. The van der Waals surface area contributed by atoms with Crippen molar-refractivity contribution in [2.24, 2.45) is 17.8 Å². The first-order valence-electron chi connectivity index (χ1n) is 18.6. The molecule has 5 amide bonds. The molecule has 1 unspecified atom stereocenters. The van der Waals surface area contributed by atoms with Gasteiger partial charge in [0.05, 0.1) is 12.5 Å². The number of carbonyl (C=O) groups excluding carboxylic acids is 6. The maximum atomic E-state index is 14.0. The zero-order valence-electron chi connectivity index (χ0n) is 31.4. The molecule has 50 heavy (non-hydrogen) atoms. The van der Waals surface area contributed by atoms with Gasteiger partial charge in [-0.1, -0.05) is 92.9 Å². The van der Waals surface area contributed by atoms with Crippen molar-refractivity contribution in [3.63, 3.8) is 0 Å². The van der Waals surface area contributed by atoms with Gasteiger partial charge in [0.1, 0.15) is 36.8 Å². The van der Waals surface area contributed by atoms with Crippen LogP contribution in [-0.2, 0) is 33.5 Å². The van der Waals surface area contributed by atoms with Crippen LogP contribution in [-0.4, -0.2) is 108 Å². The number of unbranched alkanes of at least 4 members (excludes halogenated alkanes) is 7. The molecule has 1 rings (SSSR count). The summed E-state index contributed by atoms with van der Waals surface area (Å²) in [7, 11) is 1.52. The summed E-state index contributed by atoms with van der Waals surface area (Å²) in [6, 6.07) is -4.85. The molecule has 1 aliphatic heterocycles. The van der Waals surface area contributed by atoms with E-state index in [0.29, 0.717) is 19.3 Å². The Morgan fingerprint density at radius 2 is 1.38 bits per heavy atom. The molecule has 1 saturated heterocycles. The Morgan fingerprint density at radius 3 is 1.94 bits per heavy atom. The fourth-order valence-corrected chi connectivity index (χ4v) is 5.98. The first kappa shape index (κ1) is 44.8. The van der Waals surface area contributed by atoms with Gasteiger partial charge in [-0.25, -0.2) is 0 Å². The number of ether oxygens (including phenoxy) is 1. The van der Waals surface area contributed by atoms with Gasteiger partial charge in [-0.15, -0.1) is 0 Å². The first-order valence-corrected chi connectivity index (χ1v) is 18.6. The molecule has 0 aliphatic carbocycles. The van der Waals surface area contributed by atoms with Crippen LogP contribution in [0.25, 0.3) is 0 Å². The van der Waals surface area contributed by atoms with Gasteiger partial charge in [0, 0.05) is 13.7 Å². The van der Waals surface area contributed by atoms with Gasteiger partial charge in [0.2, 0.25) is 29.5 Å². The summed E-state index contributed by atoms with van der Waals surface area (Å²) >= 11 is 0. The molecule has 0 bridgehead atoms. The van der Waals surface area contributed by atoms with Crippen molar-refractivity contribution < 1.29 is 43.7 Å².